The summed E-state index contributed by atoms with van der Waals surface area (Å²) in [6.45, 7) is 7.84. The standard InChI is InChI=1S/C21H27NO3/c1-6-19(17-8-10-18(24-5)11-9-17)22-21(23)16(4)25-20-12-7-14(2)13-15(20)3/h7-13,16,19H,6H2,1-5H3,(H,22,23)/t16-,19-/m1/s1. The van der Waals surface area contributed by atoms with Gasteiger partial charge in [-0.2, -0.15) is 0 Å². The van der Waals surface area contributed by atoms with Gasteiger partial charge in [0.2, 0.25) is 0 Å². The lowest BCUT2D eigenvalue weighted by molar-refractivity contribution is -0.128. The van der Waals surface area contributed by atoms with E-state index in [-0.39, 0.29) is 11.9 Å². The molecule has 0 fully saturated rings. The van der Waals surface area contributed by atoms with E-state index in [4.69, 9.17) is 9.47 Å². The molecule has 2 rings (SSSR count). The van der Waals surface area contributed by atoms with E-state index in [1.165, 1.54) is 5.56 Å². The highest BCUT2D eigenvalue weighted by molar-refractivity contribution is 5.81. The van der Waals surface area contributed by atoms with Crippen LogP contribution in [0, 0.1) is 13.8 Å². The van der Waals surface area contributed by atoms with Gasteiger partial charge >= 0.3 is 0 Å². The Kier molecular flexibility index (Phi) is 6.45. The topological polar surface area (TPSA) is 47.6 Å². The van der Waals surface area contributed by atoms with Crippen molar-refractivity contribution in [3.05, 3.63) is 59.2 Å². The summed E-state index contributed by atoms with van der Waals surface area (Å²) in [5, 5.41) is 3.07. The molecule has 0 aliphatic heterocycles. The van der Waals surface area contributed by atoms with E-state index < -0.39 is 6.10 Å². The van der Waals surface area contributed by atoms with Crippen LogP contribution >= 0.6 is 0 Å². The Bertz CT molecular complexity index is 710. The monoisotopic (exact) mass is 341 g/mol. The first-order valence-electron chi connectivity index (χ1n) is 8.62. The maximum absolute atomic E-state index is 12.5. The molecule has 0 heterocycles. The average molecular weight is 341 g/mol. The zero-order valence-electron chi connectivity index (χ0n) is 15.6. The maximum atomic E-state index is 12.5. The third kappa shape index (κ3) is 4.99. The van der Waals surface area contributed by atoms with Gasteiger partial charge in [-0.1, -0.05) is 36.8 Å². The number of hydrogen-bond acceptors (Lipinski definition) is 3. The van der Waals surface area contributed by atoms with Crippen molar-refractivity contribution in [2.45, 2.75) is 46.3 Å². The summed E-state index contributed by atoms with van der Waals surface area (Å²) in [5.74, 6) is 1.42. The van der Waals surface area contributed by atoms with Crippen LogP contribution in [0.15, 0.2) is 42.5 Å². The molecule has 1 amide bonds. The van der Waals surface area contributed by atoms with Crippen molar-refractivity contribution in [1.29, 1.82) is 0 Å². The number of amides is 1. The number of aryl methyl sites for hydroxylation is 2. The van der Waals surface area contributed by atoms with Gasteiger partial charge in [0.1, 0.15) is 11.5 Å². The molecular formula is C21H27NO3. The molecular weight excluding hydrogens is 314 g/mol. The highest BCUT2D eigenvalue weighted by Gasteiger charge is 2.20. The van der Waals surface area contributed by atoms with Gasteiger partial charge in [-0.3, -0.25) is 4.79 Å². The number of carbonyl (C=O) groups excluding carboxylic acids is 1. The van der Waals surface area contributed by atoms with Crippen LogP contribution < -0.4 is 14.8 Å². The van der Waals surface area contributed by atoms with Gasteiger partial charge in [0, 0.05) is 0 Å². The molecule has 0 aliphatic rings. The molecule has 2 atom stereocenters. The first kappa shape index (κ1) is 18.8. The number of rotatable bonds is 7. The maximum Gasteiger partial charge on any atom is 0.261 e. The van der Waals surface area contributed by atoms with Crippen LogP contribution in [0.25, 0.3) is 0 Å². The van der Waals surface area contributed by atoms with Gasteiger partial charge in [0.05, 0.1) is 13.2 Å². The second-order valence-corrected chi connectivity index (χ2v) is 6.27. The minimum absolute atomic E-state index is 0.0522. The number of hydrogen-bond donors (Lipinski definition) is 1. The predicted octanol–water partition coefficient (Wildman–Crippen LogP) is 4.35. The molecule has 25 heavy (non-hydrogen) atoms. The van der Waals surface area contributed by atoms with Crippen molar-refractivity contribution in [2.75, 3.05) is 7.11 Å². The molecule has 0 saturated heterocycles. The molecule has 134 valence electrons. The van der Waals surface area contributed by atoms with Crippen LogP contribution in [0.1, 0.15) is 43.0 Å². The molecule has 0 bridgehead atoms. The fraction of sp³-hybridized carbons (Fsp3) is 0.381. The Morgan fingerprint density at radius 2 is 1.80 bits per heavy atom. The summed E-state index contributed by atoms with van der Waals surface area (Å²) in [4.78, 5) is 12.5. The minimum Gasteiger partial charge on any atom is -0.497 e. The average Bonchev–Trinajstić information content (AvgIpc) is 2.61. The van der Waals surface area contributed by atoms with E-state index in [1.54, 1.807) is 14.0 Å². The Balaban J connectivity index is 2.02. The van der Waals surface area contributed by atoms with Crippen molar-refractivity contribution in [3.63, 3.8) is 0 Å². The first-order chi connectivity index (χ1) is 11.9. The van der Waals surface area contributed by atoms with E-state index in [9.17, 15) is 4.79 Å². The third-order valence-corrected chi connectivity index (χ3v) is 4.25. The van der Waals surface area contributed by atoms with Crippen LogP contribution in [0.4, 0.5) is 0 Å². The number of nitrogens with one attached hydrogen (secondary N) is 1. The summed E-state index contributed by atoms with van der Waals surface area (Å²) in [6, 6.07) is 13.6. The van der Waals surface area contributed by atoms with Crippen molar-refractivity contribution >= 4 is 5.91 Å². The van der Waals surface area contributed by atoms with Crippen molar-refractivity contribution < 1.29 is 14.3 Å². The summed E-state index contributed by atoms with van der Waals surface area (Å²) in [5.41, 5.74) is 3.25. The molecule has 0 aromatic heterocycles. The summed E-state index contributed by atoms with van der Waals surface area (Å²) >= 11 is 0. The SMILES string of the molecule is CC[C@@H](NC(=O)[C@@H](C)Oc1ccc(C)cc1C)c1ccc(OC)cc1. The van der Waals surface area contributed by atoms with Crippen LogP contribution in [-0.4, -0.2) is 19.1 Å². The highest BCUT2D eigenvalue weighted by atomic mass is 16.5. The van der Waals surface area contributed by atoms with Gasteiger partial charge < -0.3 is 14.8 Å². The second kappa shape index (κ2) is 8.56. The van der Waals surface area contributed by atoms with E-state index in [1.807, 2.05) is 63.2 Å². The van der Waals surface area contributed by atoms with Gasteiger partial charge in [-0.15, -0.1) is 0 Å². The predicted molar refractivity (Wildman–Crippen MR) is 100 cm³/mol. The van der Waals surface area contributed by atoms with E-state index in [0.29, 0.717) is 0 Å². The van der Waals surface area contributed by atoms with E-state index in [2.05, 4.69) is 5.32 Å². The summed E-state index contributed by atoms with van der Waals surface area (Å²) in [6.07, 6.45) is 0.239. The fourth-order valence-corrected chi connectivity index (χ4v) is 2.72. The van der Waals surface area contributed by atoms with Gasteiger partial charge in [-0.05, 0) is 56.5 Å². The number of benzene rings is 2. The first-order valence-corrected chi connectivity index (χ1v) is 8.62. The molecule has 0 saturated carbocycles. The molecule has 2 aromatic carbocycles. The molecule has 1 N–H and O–H groups in total. The lowest BCUT2D eigenvalue weighted by Gasteiger charge is -2.22. The second-order valence-electron chi connectivity index (χ2n) is 6.27. The minimum atomic E-state index is -0.561. The highest BCUT2D eigenvalue weighted by Crippen LogP contribution is 2.22. The number of carbonyl (C=O) groups is 1. The molecule has 0 unspecified atom stereocenters. The van der Waals surface area contributed by atoms with Crippen LogP contribution in [0.2, 0.25) is 0 Å². The molecule has 4 nitrogen and oxygen atoms in total. The Morgan fingerprint density at radius 3 is 2.36 bits per heavy atom. The molecule has 4 heteroatoms. The largest absolute Gasteiger partial charge is 0.497 e. The molecule has 2 aromatic rings. The fourth-order valence-electron chi connectivity index (χ4n) is 2.72. The van der Waals surface area contributed by atoms with E-state index >= 15 is 0 Å². The summed E-state index contributed by atoms with van der Waals surface area (Å²) < 4.78 is 11.0. The molecule has 0 spiro atoms. The van der Waals surface area contributed by atoms with Crippen LogP contribution in [0.3, 0.4) is 0 Å². The molecule has 0 radical (unpaired) electrons. The van der Waals surface area contributed by atoms with Crippen LogP contribution in [0.5, 0.6) is 11.5 Å². The normalized spacial score (nSPS) is 13.0. The van der Waals surface area contributed by atoms with E-state index in [0.717, 1.165) is 29.0 Å². The van der Waals surface area contributed by atoms with Crippen molar-refractivity contribution in [1.82, 2.24) is 5.32 Å². The summed E-state index contributed by atoms with van der Waals surface area (Å²) in [7, 11) is 1.64. The van der Waals surface area contributed by atoms with Gasteiger partial charge in [0.25, 0.3) is 5.91 Å². The zero-order valence-corrected chi connectivity index (χ0v) is 15.6. The number of methoxy groups -OCH3 is 1. The third-order valence-electron chi connectivity index (χ3n) is 4.25. The van der Waals surface area contributed by atoms with Gasteiger partial charge in [-0.25, -0.2) is 0 Å². The Hall–Kier alpha value is -2.49. The van der Waals surface area contributed by atoms with Crippen molar-refractivity contribution in [2.24, 2.45) is 0 Å². The van der Waals surface area contributed by atoms with Gasteiger partial charge in [0.15, 0.2) is 6.10 Å². The lowest BCUT2D eigenvalue weighted by atomic mass is 10.0. The lowest BCUT2D eigenvalue weighted by Crippen LogP contribution is -2.38. The molecule has 0 aliphatic carbocycles. The number of ether oxygens (including phenoxy) is 2. The van der Waals surface area contributed by atoms with Crippen molar-refractivity contribution in [3.8, 4) is 11.5 Å². The Labute approximate surface area is 150 Å². The quantitative estimate of drug-likeness (QED) is 0.814. The smallest absolute Gasteiger partial charge is 0.261 e. The Morgan fingerprint density at radius 1 is 1.12 bits per heavy atom. The zero-order chi connectivity index (χ0) is 18.4. The van der Waals surface area contributed by atoms with Crippen LogP contribution in [-0.2, 0) is 4.79 Å².